The molecule has 0 aliphatic carbocycles. The van der Waals surface area contributed by atoms with Crippen LogP contribution in [0.25, 0.3) is 0 Å². The van der Waals surface area contributed by atoms with E-state index in [1.807, 2.05) is 48.5 Å². The number of hydrogen-bond donors (Lipinski definition) is 0. The Morgan fingerprint density at radius 2 is 1.71 bits per heavy atom. The Morgan fingerprint density at radius 3 is 2.13 bits per heavy atom. The van der Waals surface area contributed by atoms with Crippen LogP contribution >= 0.6 is 15.9 Å². The molecule has 0 atom stereocenters. The van der Waals surface area contributed by atoms with Crippen molar-refractivity contribution in [3.05, 3.63) is 22.3 Å². The molecule has 31 heavy (non-hydrogen) atoms. The number of aromatic nitrogens is 1. The minimum absolute atomic E-state index is 0.307. The number of aldehydes is 1. The monoisotopic (exact) mass is 500 g/mol. The molecule has 1 aromatic rings. The highest BCUT2D eigenvalue weighted by Gasteiger charge is 2.39. The molecule has 1 amide bonds. The van der Waals surface area contributed by atoms with E-state index >= 15 is 0 Å². The molecule has 0 unspecified atom stereocenters. The van der Waals surface area contributed by atoms with Crippen molar-refractivity contribution in [1.82, 2.24) is 14.4 Å². The van der Waals surface area contributed by atoms with Crippen LogP contribution in [0.3, 0.4) is 0 Å². The number of quaternary nitrogens is 1. The van der Waals surface area contributed by atoms with Crippen molar-refractivity contribution in [2.45, 2.75) is 73.3 Å². The number of halogens is 1. The molecule has 0 N–H and O–H groups in total. The molecule has 0 bridgehead atoms. The number of piperidine rings is 1. The van der Waals surface area contributed by atoms with Gasteiger partial charge in [0.2, 0.25) is 5.82 Å². The molecular weight excluding hydrogens is 458 g/mol. The molecule has 178 valence electrons. The Balaban J connectivity index is 0.00000212. The second-order valence-electron chi connectivity index (χ2n) is 9.27. The molecule has 0 saturated carbocycles. The predicted molar refractivity (Wildman–Crippen MR) is 133 cm³/mol. The minimum Gasteiger partial charge on any atom is -0.444 e. The van der Waals surface area contributed by atoms with Crippen molar-refractivity contribution < 1.29 is 14.3 Å². The van der Waals surface area contributed by atoms with Crippen molar-refractivity contribution in [2.75, 3.05) is 34.2 Å². The van der Waals surface area contributed by atoms with E-state index in [1.54, 1.807) is 11.1 Å². The van der Waals surface area contributed by atoms with E-state index in [-0.39, 0.29) is 6.09 Å². The Labute approximate surface area is 198 Å². The molecule has 1 aliphatic rings. The van der Waals surface area contributed by atoms with Gasteiger partial charge in [-0.05, 0) is 62.0 Å². The first-order valence-electron chi connectivity index (χ1n) is 11.3. The third kappa shape index (κ3) is 9.27. The highest BCUT2D eigenvalue weighted by molar-refractivity contribution is 9.10. The van der Waals surface area contributed by atoms with E-state index in [4.69, 9.17) is 4.74 Å². The Hall–Kier alpha value is -1.47. The molecule has 6 nitrogen and oxygen atoms in total. The summed E-state index contributed by atoms with van der Waals surface area (Å²) in [5, 5.41) is 0. The van der Waals surface area contributed by atoms with Crippen LogP contribution in [0, 0.1) is 5.41 Å². The minimum atomic E-state index is -0.516. The lowest BCUT2D eigenvalue weighted by atomic mass is 9.75. The Bertz CT molecular complexity index is 701. The van der Waals surface area contributed by atoms with Gasteiger partial charge in [-0.15, -0.1) is 0 Å². The number of amides is 1. The lowest BCUT2D eigenvalue weighted by Gasteiger charge is -2.39. The van der Waals surface area contributed by atoms with E-state index in [1.165, 1.54) is 0 Å². The summed E-state index contributed by atoms with van der Waals surface area (Å²) in [7, 11) is 6.20. The fourth-order valence-electron chi connectivity index (χ4n) is 3.38. The third-order valence-corrected chi connectivity index (χ3v) is 5.18. The highest BCUT2D eigenvalue weighted by Crippen LogP contribution is 2.37. The third-order valence-electron chi connectivity index (χ3n) is 4.75. The second-order valence-corrected chi connectivity index (χ2v) is 10.2. The van der Waals surface area contributed by atoms with Gasteiger partial charge < -0.3 is 14.4 Å². The summed E-state index contributed by atoms with van der Waals surface area (Å²) in [5.41, 5.74) is 0.0672. The standard InChI is InChI=1S/C20H31BrN3O3.2C2H6/c1-19(2,3)27-18(26)23-9-7-20(14-25,8-10-23)12-15-11-16(21)13-22-17(15)24(4,5)6;2*1-2/h11,13-14H,7-10,12H2,1-6H3;2*1-2H3/q+1;;. The lowest BCUT2D eigenvalue weighted by molar-refractivity contribution is -0.118. The zero-order valence-electron chi connectivity index (χ0n) is 21.2. The van der Waals surface area contributed by atoms with Crippen LogP contribution in [-0.2, 0) is 16.0 Å². The fraction of sp³-hybridized carbons (Fsp3) is 0.708. The molecule has 1 saturated heterocycles. The van der Waals surface area contributed by atoms with E-state index in [9.17, 15) is 9.59 Å². The first kappa shape index (κ1) is 29.5. The van der Waals surface area contributed by atoms with Crippen molar-refractivity contribution in [2.24, 2.45) is 5.41 Å². The van der Waals surface area contributed by atoms with Gasteiger partial charge in [0.1, 0.15) is 11.9 Å². The number of carbonyl (C=O) groups is 2. The van der Waals surface area contributed by atoms with E-state index in [0.717, 1.165) is 22.1 Å². The van der Waals surface area contributed by atoms with Gasteiger partial charge in [0.15, 0.2) is 0 Å². The van der Waals surface area contributed by atoms with Gasteiger partial charge in [-0.3, -0.25) is 4.48 Å². The topological polar surface area (TPSA) is 59.5 Å². The smallest absolute Gasteiger partial charge is 0.410 e. The number of likely N-dealkylation sites (tertiary alicyclic amines) is 1. The average Bonchev–Trinajstić information content (AvgIpc) is 2.69. The molecule has 1 aromatic heterocycles. The highest BCUT2D eigenvalue weighted by atomic mass is 79.9. The van der Waals surface area contributed by atoms with Gasteiger partial charge in [-0.1, -0.05) is 27.7 Å². The lowest BCUT2D eigenvalue weighted by Crippen LogP contribution is -2.46. The molecule has 1 aliphatic heterocycles. The zero-order chi connectivity index (χ0) is 24.5. The molecule has 0 radical (unpaired) electrons. The molecule has 1 fully saturated rings. The van der Waals surface area contributed by atoms with Crippen LogP contribution in [0.4, 0.5) is 10.6 Å². The molecule has 7 heteroatoms. The first-order chi connectivity index (χ1) is 14.4. The number of pyridine rings is 1. The van der Waals surface area contributed by atoms with Gasteiger partial charge >= 0.3 is 6.09 Å². The summed E-state index contributed by atoms with van der Waals surface area (Å²) in [5.74, 6) is 0.953. The largest absolute Gasteiger partial charge is 0.444 e. The Morgan fingerprint density at radius 1 is 1.19 bits per heavy atom. The summed E-state index contributed by atoms with van der Waals surface area (Å²) < 4.78 is 6.95. The van der Waals surface area contributed by atoms with Crippen LogP contribution in [0.15, 0.2) is 16.7 Å². The van der Waals surface area contributed by atoms with Gasteiger partial charge in [-0.2, -0.15) is 0 Å². The second kappa shape index (κ2) is 12.5. The van der Waals surface area contributed by atoms with Crippen molar-refractivity contribution in [3.63, 3.8) is 0 Å². The number of ether oxygens (including phenoxy) is 1. The molecule has 0 aromatic carbocycles. The van der Waals surface area contributed by atoms with E-state index in [0.29, 0.717) is 36.8 Å². The van der Waals surface area contributed by atoms with E-state index < -0.39 is 11.0 Å². The summed E-state index contributed by atoms with van der Waals surface area (Å²) in [6, 6.07) is 2.05. The normalized spacial score (nSPS) is 15.6. The zero-order valence-corrected chi connectivity index (χ0v) is 22.8. The molecule has 0 spiro atoms. The summed E-state index contributed by atoms with van der Waals surface area (Å²) in [4.78, 5) is 30.7. The maximum Gasteiger partial charge on any atom is 0.410 e. The number of carbonyl (C=O) groups excluding carboxylic acids is 2. The molecule has 2 rings (SSSR count). The maximum atomic E-state index is 12.3. The van der Waals surface area contributed by atoms with Crippen LogP contribution < -0.4 is 4.48 Å². The van der Waals surface area contributed by atoms with Gasteiger partial charge in [0.05, 0.1) is 21.1 Å². The van der Waals surface area contributed by atoms with Gasteiger partial charge in [0.25, 0.3) is 0 Å². The van der Waals surface area contributed by atoms with Crippen LogP contribution in [-0.4, -0.2) is 62.1 Å². The van der Waals surface area contributed by atoms with Crippen molar-refractivity contribution in [1.29, 1.82) is 0 Å². The van der Waals surface area contributed by atoms with Crippen molar-refractivity contribution >= 4 is 34.1 Å². The molecule has 2 heterocycles. The van der Waals surface area contributed by atoms with Gasteiger partial charge in [0, 0.05) is 34.7 Å². The van der Waals surface area contributed by atoms with Crippen LogP contribution in [0.5, 0.6) is 0 Å². The summed E-state index contributed by atoms with van der Waals surface area (Å²) >= 11 is 3.50. The van der Waals surface area contributed by atoms with E-state index in [2.05, 4.69) is 48.1 Å². The molecular formula is C24H43BrN3O3+. The first-order valence-corrected chi connectivity index (χ1v) is 12.1. The number of rotatable bonds is 4. The Kier molecular flexibility index (Phi) is 11.9. The predicted octanol–water partition coefficient (Wildman–Crippen LogP) is 5.85. The maximum absolute atomic E-state index is 12.3. The summed E-state index contributed by atoms with van der Waals surface area (Å²) in [6.45, 7) is 14.6. The van der Waals surface area contributed by atoms with Crippen LogP contribution in [0.2, 0.25) is 0 Å². The van der Waals surface area contributed by atoms with Crippen molar-refractivity contribution in [3.8, 4) is 0 Å². The quantitative estimate of drug-likeness (QED) is 0.384. The van der Waals surface area contributed by atoms with Crippen LogP contribution in [0.1, 0.15) is 66.9 Å². The number of nitrogens with zero attached hydrogens (tertiary/aromatic N) is 3. The average molecular weight is 502 g/mol. The number of hydrogen-bond acceptors (Lipinski definition) is 4. The SMILES string of the molecule is CC.CC.CC(C)(C)OC(=O)N1CCC(C=O)(Cc2cc(Br)cnc2[N+](C)(C)C)CC1. The summed E-state index contributed by atoms with van der Waals surface area (Å²) in [6.07, 6.45) is 4.42. The fourth-order valence-corrected chi connectivity index (χ4v) is 3.76. The van der Waals surface area contributed by atoms with Gasteiger partial charge in [-0.25, -0.2) is 9.78 Å².